The molecule has 2 N–H and O–H groups in total. The molecule has 0 spiro atoms. The first-order valence-corrected chi connectivity index (χ1v) is 6.66. The minimum absolute atomic E-state index is 0.103. The molecule has 2 nitrogen and oxygen atoms in total. The fourth-order valence-corrected chi connectivity index (χ4v) is 2.07. The van der Waals surface area contributed by atoms with Gasteiger partial charge in [-0.3, -0.25) is 0 Å². The normalized spacial score (nSPS) is 12.7. The molecular weight excluding hydrogens is 257 g/mol. The molecule has 1 atom stereocenters. The number of nitrogens with two attached hydrogens (primary N) is 1. The van der Waals surface area contributed by atoms with Crippen LogP contribution in [0.5, 0.6) is 0 Å². The first-order valence-electron chi connectivity index (χ1n) is 5.90. The highest BCUT2D eigenvalue weighted by molar-refractivity contribution is 6.33. The van der Waals surface area contributed by atoms with Crippen LogP contribution in [0.1, 0.15) is 25.3 Å². The van der Waals surface area contributed by atoms with Crippen LogP contribution in [0.2, 0.25) is 10.0 Å². The summed E-state index contributed by atoms with van der Waals surface area (Å²) in [4.78, 5) is 0. The quantitative estimate of drug-likeness (QED) is 0.771. The first-order chi connectivity index (χ1) is 8.13. The van der Waals surface area contributed by atoms with Crippen molar-refractivity contribution in [2.75, 3.05) is 13.2 Å². The van der Waals surface area contributed by atoms with Crippen LogP contribution >= 0.6 is 23.2 Å². The maximum absolute atomic E-state index is 6.09. The smallest absolute Gasteiger partial charge is 0.0466 e. The van der Waals surface area contributed by atoms with Gasteiger partial charge in [0.15, 0.2) is 0 Å². The Kier molecular flexibility index (Phi) is 6.90. The van der Waals surface area contributed by atoms with Gasteiger partial charge >= 0.3 is 0 Å². The number of halogens is 2. The standard InChI is InChI=1S/C13H19Cl2NO/c1-2-17-7-3-4-12(16)9-10-8-11(14)5-6-13(10)15/h5-6,8,12H,2-4,7,9,16H2,1H3. The minimum atomic E-state index is 0.103. The summed E-state index contributed by atoms with van der Waals surface area (Å²) < 4.78 is 5.27. The summed E-state index contributed by atoms with van der Waals surface area (Å²) in [5.41, 5.74) is 7.07. The van der Waals surface area contributed by atoms with E-state index in [0.717, 1.165) is 43.1 Å². The zero-order valence-corrected chi connectivity index (χ0v) is 11.6. The summed E-state index contributed by atoms with van der Waals surface area (Å²) in [6.07, 6.45) is 2.67. The number of rotatable bonds is 7. The molecule has 0 aliphatic carbocycles. The predicted octanol–water partition coefficient (Wildman–Crippen LogP) is 3.68. The maximum atomic E-state index is 6.09. The lowest BCUT2D eigenvalue weighted by molar-refractivity contribution is 0.142. The van der Waals surface area contributed by atoms with E-state index in [1.54, 1.807) is 6.07 Å². The lowest BCUT2D eigenvalue weighted by Gasteiger charge is -2.13. The van der Waals surface area contributed by atoms with Crippen molar-refractivity contribution in [2.45, 2.75) is 32.2 Å². The Morgan fingerprint density at radius 3 is 2.82 bits per heavy atom. The van der Waals surface area contributed by atoms with Gasteiger partial charge < -0.3 is 10.5 Å². The third kappa shape index (κ3) is 5.73. The summed E-state index contributed by atoms with van der Waals surface area (Å²) >= 11 is 12.0. The average Bonchev–Trinajstić information content (AvgIpc) is 2.29. The van der Waals surface area contributed by atoms with Crippen LogP contribution in [0.4, 0.5) is 0 Å². The van der Waals surface area contributed by atoms with E-state index >= 15 is 0 Å². The van der Waals surface area contributed by atoms with E-state index in [9.17, 15) is 0 Å². The van der Waals surface area contributed by atoms with E-state index in [4.69, 9.17) is 33.7 Å². The highest BCUT2D eigenvalue weighted by Crippen LogP contribution is 2.22. The SMILES string of the molecule is CCOCCCC(N)Cc1cc(Cl)ccc1Cl. The molecule has 0 fully saturated rings. The summed E-state index contributed by atoms with van der Waals surface area (Å²) in [5, 5.41) is 1.43. The molecule has 0 saturated carbocycles. The highest BCUT2D eigenvalue weighted by atomic mass is 35.5. The monoisotopic (exact) mass is 275 g/mol. The van der Waals surface area contributed by atoms with Gasteiger partial charge in [-0.1, -0.05) is 23.2 Å². The first kappa shape index (κ1) is 14.8. The second-order valence-electron chi connectivity index (χ2n) is 4.04. The predicted molar refractivity (Wildman–Crippen MR) is 73.9 cm³/mol. The zero-order valence-electron chi connectivity index (χ0n) is 10.1. The van der Waals surface area contributed by atoms with E-state index in [0.29, 0.717) is 5.02 Å². The molecule has 1 rings (SSSR count). The number of ether oxygens (including phenoxy) is 1. The number of hydrogen-bond donors (Lipinski definition) is 1. The Hall–Kier alpha value is -0.280. The molecule has 0 heterocycles. The third-order valence-electron chi connectivity index (χ3n) is 2.56. The summed E-state index contributed by atoms with van der Waals surface area (Å²) in [6, 6.07) is 5.58. The van der Waals surface area contributed by atoms with Gasteiger partial charge in [-0.2, -0.15) is 0 Å². The average molecular weight is 276 g/mol. The van der Waals surface area contributed by atoms with Crippen LogP contribution in [-0.2, 0) is 11.2 Å². The largest absolute Gasteiger partial charge is 0.382 e. The molecular formula is C13H19Cl2NO. The Morgan fingerprint density at radius 2 is 2.12 bits per heavy atom. The Labute approximate surface area is 113 Å². The highest BCUT2D eigenvalue weighted by Gasteiger charge is 2.08. The molecule has 0 bridgehead atoms. The van der Waals surface area contributed by atoms with Crippen LogP contribution in [-0.4, -0.2) is 19.3 Å². The van der Waals surface area contributed by atoms with Gasteiger partial charge in [0.1, 0.15) is 0 Å². The van der Waals surface area contributed by atoms with Gasteiger partial charge in [-0.05, 0) is 49.9 Å². The van der Waals surface area contributed by atoms with Crippen molar-refractivity contribution in [3.05, 3.63) is 33.8 Å². The van der Waals surface area contributed by atoms with Crippen LogP contribution < -0.4 is 5.73 Å². The lowest BCUT2D eigenvalue weighted by atomic mass is 10.0. The molecule has 4 heteroatoms. The van der Waals surface area contributed by atoms with Crippen molar-refractivity contribution in [3.63, 3.8) is 0 Å². The molecule has 1 unspecified atom stereocenters. The van der Waals surface area contributed by atoms with Gasteiger partial charge in [-0.25, -0.2) is 0 Å². The molecule has 0 saturated heterocycles. The van der Waals surface area contributed by atoms with Crippen molar-refractivity contribution < 1.29 is 4.74 Å². The van der Waals surface area contributed by atoms with Crippen LogP contribution in [0.3, 0.4) is 0 Å². The van der Waals surface area contributed by atoms with E-state index in [-0.39, 0.29) is 6.04 Å². The maximum Gasteiger partial charge on any atom is 0.0466 e. The second-order valence-corrected chi connectivity index (χ2v) is 4.88. The van der Waals surface area contributed by atoms with Crippen molar-refractivity contribution in [3.8, 4) is 0 Å². The van der Waals surface area contributed by atoms with Gasteiger partial charge in [0.25, 0.3) is 0 Å². The fourth-order valence-electron chi connectivity index (χ4n) is 1.68. The Bertz CT molecular complexity index is 344. The Balaban J connectivity index is 2.39. The summed E-state index contributed by atoms with van der Waals surface area (Å²) in [6.45, 7) is 3.52. The van der Waals surface area contributed by atoms with E-state index in [2.05, 4.69) is 0 Å². The summed E-state index contributed by atoms with van der Waals surface area (Å²) in [5.74, 6) is 0. The molecule has 1 aromatic carbocycles. The second kappa shape index (κ2) is 7.93. The van der Waals surface area contributed by atoms with Gasteiger partial charge in [-0.15, -0.1) is 0 Å². The zero-order chi connectivity index (χ0) is 12.7. The lowest BCUT2D eigenvalue weighted by Crippen LogP contribution is -2.23. The Morgan fingerprint density at radius 1 is 1.35 bits per heavy atom. The fraction of sp³-hybridized carbons (Fsp3) is 0.538. The molecule has 0 amide bonds. The van der Waals surface area contributed by atoms with Gasteiger partial charge in [0.05, 0.1) is 0 Å². The molecule has 96 valence electrons. The molecule has 17 heavy (non-hydrogen) atoms. The molecule has 0 radical (unpaired) electrons. The number of benzene rings is 1. The van der Waals surface area contributed by atoms with Crippen LogP contribution in [0, 0.1) is 0 Å². The van der Waals surface area contributed by atoms with Crippen molar-refractivity contribution in [1.29, 1.82) is 0 Å². The van der Waals surface area contributed by atoms with Gasteiger partial charge in [0, 0.05) is 29.3 Å². The molecule has 0 aliphatic heterocycles. The van der Waals surface area contributed by atoms with Crippen molar-refractivity contribution in [1.82, 2.24) is 0 Å². The van der Waals surface area contributed by atoms with E-state index in [1.807, 2.05) is 19.1 Å². The third-order valence-corrected chi connectivity index (χ3v) is 3.16. The molecule has 0 aliphatic rings. The number of hydrogen-bond acceptors (Lipinski definition) is 2. The topological polar surface area (TPSA) is 35.2 Å². The van der Waals surface area contributed by atoms with Crippen molar-refractivity contribution >= 4 is 23.2 Å². The summed E-state index contributed by atoms with van der Waals surface area (Å²) in [7, 11) is 0. The minimum Gasteiger partial charge on any atom is -0.382 e. The van der Waals surface area contributed by atoms with Crippen LogP contribution in [0.15, 0.2) is 18.2 Å². The van der Waals surface area contributed by atoms with Crippen LogP contribution in [0.25, 0.3) is 0 Å². The van der Waals surface area contributed by atoms with Gasteiger partial charge in [0.2, 0.25) is 0 Å². The molecule has 1 aromatic rings. The van der Waals surface area contributed by atoms with Crippen molar-refractivity contribution in [2.24, 2.45) is 5.73 Å². The van der Waals surface area contributed by atoms with E-state index < -0.39 is 0 Å². The molecule has 0 aromatic heterocycles. The van der Waals surface area contributed by atoms with E-state index in [1.165, 1.54) is 0 Å².